The molecule has 10 heteroatoms. The van der Waals surface area contributed by atoms with E-state index in [9.17, 15) is 18.0 Å². The Morgan fingerprint density at radius 2 is 1.86 bits per heavy atom. The molecule has 1 aromatic carbocycles. The smallest absolute Gasteiger partial charge is 0.309 e. The van der Waals surface area contributed by atoms with Gasteiger partial charge >= 0.3 is 5.97 Å². The molecular weight excluding hydrogens is 427 g/mol. The topological polar surface area (TPSA) is 84.0 Å². The SMILES string of the molecule is CCOC(=O)C1CCN(C(=O)CN(Cc2ccc(Cl)c(Cl)c2)S(C)(=O)=O)CC1. The van der Waals surface area contributed by atoms with Gasteiger partial charge < -0.3 is 9.64 Å². The quantitative estimate of drug-likeness (QED) is 0.595. The van der Waals surface area contributed by atoms with E-state index in [4.69, 9.17) is 27.9 Å². The number of nitrogens with zero attached hydrogens (tertiary/aromatic N) is 2. The maximum atomic E-state index is 12.6. The molecule has 28 heavy (non-hydrogen) atoms. The number of esters is 1. The number of hydrogen-bond acceptors (Lipinski definition) is 5. The summed E-state index contributed by atoms with van der Waals surface area (Å²) in [5.74, 6) is -0.758. The number of halogens is 2. The molecule has 1 saturated heterocycles. The van der Waals surface area contributed by atoms with Crippen LogP contribution in [0.5, 0.6) is 0 Å². The monoisotopic (exact) mass is 450 g/mol. The number of sulfonamides is 1. The van der Waals surface area contributed by atoms with E-state index >= 15 is 0 Å². The maximum absolute atomic E-state index is 12.6. The Balaban J connectivity index is 2.00. The van der Waals surface area contributed by atoms with E-state index in [1.165, 1.54) is 0 Å². The first-order chi connectivity index (χ1) is 13.1. The van der Waals surface area contributed by atoms with Gasteiger partial charge in [-0.3, -0.25) is 9.59 Å². The van der Waals surface area contributed by atoms with Crippen LogP contribution in [0.3, 0.4) is 0 Å². The van der Waals surface area contributed by atoms with Crippen LogP contribution in [0.15, 0.2) is 18.2 Å². The third-order valence-corrected chi connectivity index (χ3v) is 6.53. The zero-order valence-electron chi connectivity index (χ0n) is 15.9. The van der Waals surface area contributed by atoms with E-state index in [1.807, 2.05) is 0 Å². The molecule has 0 aliphatic carbocycles. The van der Waals surface area contributed by atoms with E-state index in [2.05, 4.69) is 0 Å². The van der Waals surface area contributed by atoms with Gasteiger partial charge in [0.1, 0.15) is 0 Å². The second-order valence-corrected chi connectivity index (χ2v) is 9.48. The molecule has 0 unspecified atom stereocenters. The molecule has 0 aromatic heterocycles. The van der Waals surface area contributed by atoms with E-state index in [0.29, 0.717) is 48.1 Å². The Hall–Kier alpha value is -1.35. The molecule has 0 spiro atoms. The molecule has 1 aliphatic heterocycles. The van der Waals surface area contributed by atoms with Crippen LogP contribution in [0.25, 0.3) is 0 Å². The lowest BCUT2D eigenvalue weighted by molar-refractivity contribution is -0.151. The van der Waals surface area contributed by atoms with Crippen molar-refractivity contribution < 1.29 is 22.7 Å². The van der Waals surface area contributed by atoms with Gasteiger partial charge in [-0.1, -0.05) is 29.3 Å². The Morgan fingerprint density at radius 1 is 1.21 bits per heavy atom. The van der Waals surface area contributed by atoms with Gasteiger partial charge in [0, 0.05) is 19.6 Å². The lowest BCUT2D eigenvalue weighted by atomic mass is 9.97. The van der Waals surface area contributed by atoms with Gasteiger partial charge in [-0.25, -0.2) is 8.42 Å². The number of hydrogen-bond donors (Lipinski definition) is 0. The van der Waals surface area contributed by atoms with Crippen LogP contribution in [-0.4, -0.2) is 62.0 Å². The largest absolute Gasteiger partial charge is 0.466 e. The highest BCUT2D eigenvalue weighted by Crippen LogP contribution is 2.24. The number of likely N-dealkylation sites (tertiary alicyclic amines) is 1. The van der Waals surface area contributed by atoms with Crippen LogP contribution >= 0.6 is 23.2 Å². The predicted octanol–water partition coefficient (Wildman–Crippen LogP) is 2.56. The summed E-state index contributed by atoms with van der Waals surface area (Å²) in [6.07, 6.45) is 2.08. The predicted molar refractivity (Wildman–Crippen MR) is 108 cm³/mol. The summed E-state index contributed by atoms with van der Waals surface area (Å²) in [6, 6.07) is 4.83. The molecule has 7 nitrogen and oxygen atoms in total. The molecule has 1 fully saturated rings. The maximum Gasteiger partial charge on any atom is 0.309 e. The highest BCUT2D eigenvalue weighted by atomic mass is 35.5. The number of rotatable bonds is 7. The fourth-order valence-electron chi connectivity index (χ4n) is 3.01. The van der Waals surface area contributed by atoms with Crippen LogP contribution in [-0.2, 0) is 30.9 Å². The molecule has 1 aliphatic rings. The average Bonchev–Trinajstić information content (AvgIpc) is 2.63. The Labute approximate surface area is 175 Å². The summed E-state index contributed by atoms with van der Waals surface area (Å²) in [5, 5.41) is 0.692. The molecule has 0 bridgehead atoms. The first-order valence-electron chi connectivity index (χ1n) is 8.95. The second kappa shape index (κ2) is 9.91. The number of piperidine rings is 1. The normalized spacial score (nSPS) is 15.7. The molecule has 1 amide bonds. The van der Waals surface area contributed by atoms with Crippen LogP contribution in [0.2, 0.25) is 10.0 Å². The van der Waals surface area contributed by atoms with Crippen molar-refractivity contribution in [1.82, 2.24) is 9.21 Å². The summed E-state index contributed by atoms with van der Waals surface area (Å²) in [6.45, 7) is 2.61. The molecule has 2 rings (SSSR count). The van der Waals surface area contributed by atoms with Gasteiger partial charge in [0.05, 0.1) is 35.4 Å². The number of amides is 1. The molecule has 156 valence electrons. The van der Waals surface area contributed by atoms with Crippen LogP contribution < -0.4 is 0 Å². The van der Waals surface area contributed by atoms with Crippen molar-refractivity contribution in [2.24, 2.45) is 5.92 Å². The van der Waals surface area contributed by atoms with E-state index < -0.39 is 10.0 Å². The molecule has 0 saturated carbocycles. The Kier molecular flexibility index (Phi) is 8.12. The van der Waals surface area contributed by atoms with Gasteiger partial charge in [-0.15, -0.1) is 0 Å². The average molecular weight is 451 g/mol. The molecule has 0 atom stereocenters. The number of carbonyl (C=O) groups excluding carboxylic acids is 2. The summed E-state index contributed by atoms with van der Waals surface area (Å²) in [4.78, 5) is 26.0. The standard InChI is InChI=1S/C18H24Cl2N2O5S/c1-3-27-18(24)14-6-8-21(9-7-14)17(23)12-22(28(2,25)26)11-13-4-5-15(19)16(20)10-13/h4-5,10,14H,3,6-9,11-12H2,1-2H3. The van der Waals surface area contributed by atoms with Gasteiger partial charge in [-0.05, 0) is 37.5 Å². The van der Waals surface area contributed by atoms with Crippen LogP contribution in [0.1, 0.15) is 25.3 Å². The van der Waals surface area contributed by atoms with Gasteiger partial charge in [-0.2, -0.15) is 4.31 Å². The minimum absolute atomic E-state index is 0.0146. The van der Waals surface area contributed by atoms with Crippen molar-refractivity contribution in [2.45, 2.75) is 26.3 Å². The minimum Gasteiger partial charge on any atom is -0.466 e. The van der Waals surface area contributed by atoms with Gasteiger partial charge in [0.2, 0.25) is 15.9 Å². The Bertz CT molecular complexity index is 823. The molecule has 1 aromatic rings. The summed E-state index contributed by atoms with van der Waals surface area (Å²) >= 11 is 11.9. The van der Waals surface area contributed by atoms with E-state index in [0.717, 1.165) is 10.6 Å². The summed E-state index contributed by atoms with van der Waals surface area (Å²) in [5.41, 5.74) is 0.633. The van der Waals surface area contributed by atoms with Crippen molar-refractivity contribution in [1.29, 1.82) is 0 Å². The zero-order valence-corrected chi connectivity index (χ0v) is 18.2. The van der Waals surface area contributed by atoms with Gasteiger partial charge in [0.25, 0.3) is 0 Å². The number of carbonyl (C=O) groups is 2. The van der Waals surface area contributed by atoms with Crippen LogP contribution in [0.4, 0.5) is 0 Å². The van der Waals surface area contributed by atoms with Crippen molar-refractivity contribution in [3.05, 3.63) is 33.8 Å². The second-order valence-electron chi connectivity index (χ2n) is 6.69. The fraction of sp³-hybridized carbons (Fsp3) is 0.556. The first-order valence-corrected chi connectivity index (χ1v) is 11.6. The van der Waals surface area contributed by atoms with Crippen molar-refractivity contribution in [3.8, 4) is 0 Å². The van der Waals surface area contributed by atoms with Crippen molar-refractivity contribution in [2.75, 3.05) is 32.5 Å². The molecule has 1 heterocycles. The third-order valence-electron chi connectivity index (χ3n) is 4.59. The third kappa shape index (κ3) is 6.34. The summed E-state index contributed by atoms with van der Waals surface area (Å²) in [7, 11) is -3.62. The number of ether oxygens (including phenoxy) is 1. The molecular formula is C18H24Cl2N2O5S. The first kappa shape index (κ1) is 22.9. The number of benzene rings is 1. The molecule has 0 radical (unpaired) electrons. The lowest BCUT2D eigenvalue weighted by Gasteiger charge is -2.32. The fourth-order valence-corrected chi connectivity index (χ4v) is 4.06. The minimum atomic E-state index is -3.62. The van der Waals surface area contributed by atoms with E-state index in [-0.39, 0.29) is 30.9 Å². The van der Waals surface area contributed by atoms with Crippen molar-refractivity contribution in [3.63, 3.8) is 0 Å². The molecule has 0 N–H and O–H groups in total. The zero-order chi connectivity index (χ0) is 20.9. The highest BCUT2D eigenvalue weighted by molar-refractivity contribution is 7.88. The lowest BCUT2D eigenvalue weighted by Crippen LogP contribution is -2.46. The van der Waals surface area contributed by atoms with Crippen LogP contribution in [0, 0.1) is 5.92 Å². The van der Waals surface area contributed by atoms with Crippen molar-refractivity contribution >= 4 is 45.1 Å². The summed E-state index contributed by atoms with van der Waals surface area (Å²) < 4.78 is 30.4. The van der Waals surface area contributed by atoms with Gasteiger partial charge in [0.15, 0.2) is 0 Å². The van der Waals surface area contributed by atoms with E-state index in [1.54, 1.807) is 30.0 Å². The highest BCUT2D eigenvalue weighted by Gasteiger charge is 2.30. The Morgan fingerprint density at radius 3 is 2.39 bits per heavy atom.